The van der Waals surface area contributed by atoms with Crippen LogP contribution in [0.25, 0.3) is 87.8 Å². The van der Waals surface area contributed by atoms with Crippen LogP contribution in [0.4, 0.5) is 0 Å². The molecule has 0 amide bonds. The second-order valence-electron chi connectivity index (χ2n) is 15.4. The van der Waals surface area contributed by atoms with Crippen LogP contribution in [0.2, 0.25) is 0 Å². The fraction of sp³-hybridized carbons (Fsp3) is 0.0769. The van der Waals surface area contributed by atoms with Gasteiger partial charge in [0.2, 0.25) is 0 Å². The van der Waals surface area contributed by atoms with Crippen molar-refractivity contribution >= 4 is 65.7 Å². The zero-order valence-corrected chi connectivity index (χ0v) is 31.7. The van der Waals surface area contributed by atoms with Crippen LogP contribution in [0.15, 0.2) is 191 Å². The van der Waals surface area contributed by atoms with E-state index in [2.05, 4.69) is 204 Å². The van der Waals surface area contributed by atoms with Gasteiger partial charge in [0.1, 0.15) is 22.3 Å². The smallest absolute Gasteiger partial charge is 0.143 e. The molecular formula is C52H37N4O2-. The predicted octanol–water partition coefficient (Wildman–Crippen LogP) is 13.6. The van der Waals surface area contributed by atoms with Gasteiger partial charge in [-0.2, -0.15) is 0 Å². The van der Waals surface area contributed by atoms with E-state index in [1.807, 2.05) is 0 Å². The Morgan fingerprint density at radius 2 is 1.12 bits per heavy atom. The molecule has 1 N–H and O–H groups in total. The first-order valence-electron chi connectivity index (χ1n) is 19.9. The van der Waals surface area contributed by atoms with Crippen LogP contribution in [0.5, 0.6) is 0 Å². The topological polar surface area (TPSA) is 60.6 Å². The first kappa shape index (κ1) is 33.2. The molecule has 0 radical (unpaired) electrons. The molecule has 12 rings (SSSR count). The number of para-hydroxylation sites is 3. The van der Waals surface area contributed by atoms with E-state index in [1.165, 1.54) is 27.4 Å². The number of rotatable bonds is 5. The molecule has 11 aromatic rings. The number of hydrogen-bond acceptors (Lipinski definition) is 4. The summed E-state index contributed by atoms with van der Waals surface area (Å²) in [6.45, 7) is 0. The second kappa shape index (κ2) is 13.0. The van der Waals surface area contributed by atoms with Gasteiger partial charge in [-0.15, -0.1) is 0 Å². The van der Waals surface area contributed by atoms with E-state index < -0.39 is 0 Å². The quantitative estimate of drug-likeness (QED) is 0.190. The molecule has 8 aromatic carbocycles. The molecule has 1 aliphatic rings. The molecule has 0 spiro atoms. The van der Waals surface area contributed by atoms with E-state index in [0.717, 1.165) is 71.8 Å². The summed E-state index contributed by atoms with van der Waals surface area (Å²) in [6.07, 6.45) is -0.410. The SMILES string of the molecule is CN1C(c2ccccc2)[N-]C(c2ccc3c(c2)oc2cccc(-c4cccc5c4oc4cc(-n6c7ccccc7c7ccccc76)ccc45)c23)NC1c1ccccc1. The van der Waals surface area contributed by atoms with Crippen molar-refractivity contribution in [3.05, 3.63) is 204 Å². The van der Waals surface area contributed by atoms with Crippen molar-refractivity contribution in [1.82, 2.24) is 14.8 Å². The van der Waals surface area contributed by atoms with Crippen molar-refractivity contribution in [1.29, 1.82) is 0 Å². The summed E-state index contributed by atoms with van der Waals surface area (Å²) >= 11 is 0. The van der Waals surface area contributed by atoms with Crippen LogP contribution in [-0.4, -0.2) is 16.5 Å². The van der Waals surface area contributed by atoms with Gasteiger partial charge in [0.25, 0.3) is 0 Å². The van der Waals surface area contributed by atoms with Crippen LogP contribution in [-0.2, 0) is 0 Å². The van der Waals surface area contributed by atoms with Crippen LogP contribution in [0, 0.1) is 0 Å². The molecule has 4 heterocycles. The highest BCUT2D eigenvalue weighted by Crippen LogP contribution is 2.46. The molecule has 3 unspecified atom stereocenters. The standard InChI is InChI=1S/C52H37N4O2/c1-55-51(32-14-4-2-5-15-32)53-50(54-52(55)33-16-6-3-7-17-33)34-26-28-42-46(30-34)57-45-25-13-20-39(48(42)45)41-22-12-21-40-38-29-27-35(31-47(38)58-49(40)41)56-43-23-10-8-18-36(43)37-19-9-11-24-44(37)56/h2-31,50-53H,1H3/q-1. The van der Waals surface area contributed by atoms with Gasteiger partial charge in [0.15, 0.2) is 0 Å². The lowest BCUT2D eigenvalue weighted by molar-refractivity contribution is 0.115. The Bertz CT molecular complexity index is 3240. The number of furan rings is 2. The summed E-state index contributed by atoms with van der Waals surface area (Å²) in [6, 6.07) is 64.3. The number of fused-ring (bicyclic) bond motifs is 9. The van der Waals surface area contributed by atoms with E-state index >= 15 is 0 Å². The molecule has 0 aliphatic carbocycles. The molecule has 6 heteroatoms. The first-order valence-corrected chi connectivity index (χ1v) is 19.9. The Balaban J connectivity index is 0.960. The minimum atomic E-state index is -0.250. The van der Waals surface area contributed by atoms with Crippen LogP contribution in [0.1, 0.15) is 35.2 Å². The Hall–Kier alpha value is -6.96. The largest absolute Gasteiger partial charge is 0.624 e. The molecule has 278 valence electrons. The van der Waals surface area contributed by atoms with Crippen molar-refractivity contribution in [2.24, 2.45) is 0 Å². The minimum Gasteiger partial charge on any atom is -0.624 e. The Morgan fingerprint density at radius 3 is 1.90 bits per heavy atom. The predicted molar refractivity (Wildman–Crippen MR) is 236 cm³/mol. The Labute approximate surface area is 334 Å². The number of nitrogens with one attached hydrogen (secondary N) is 1. The highest BCUT2D eigenvalue weighted by molar-refractivity contribution is 6.17. The third kappa shape index (κ3) is 5.10. The van der Waals surface area contributed by atoms with Crippen molar-refractivity contribution < 1.29 is 8.83 Å². The first-order chi connectivity index (χ1) is 28.7. The summed E-state index contributed by atoms with van der Waals surface area (Å²) in [7, 11) is 2.14. The fourth-order valence-corrected chi connectivity index (χ4v) is 9.37. The van der Waals surface area contributed by atoms with Crippen LogP contribution in [0.3, 0.4) is 0 Å². The average Bonchev–Trinajstić information content (AvgIpc) is 3.96. The summed E-state index contributed by atoms with van der Waals surface area (Å²) in [5, 5.41) is 16.0. The molecular weight excluding hydrogens is 713 g/mol. The van der Waals surface area contributed by atoms with Gasteiger partial charge < -0.3 is 28.9 Å². The van der Waals surface area contributed by atoms with Gasteiger partial charge in [0.05, 0.1) is 17.2 Å². The van der Waals surface area contributed by atoms with Gasteiger partial charge in [0, 0.05) is 49.6 Å². The lowest BCUT2D eigenvalue weighted by Crippen LogP contribution is -2.45. The molecule has 3 aromatic heterocycles. The van der Waals surface area contributed by atoms with Crippen molar-refractivity contribution in [3.8, 4) is 16.8 Å². The van der Waals surface area contributed by atoms with Gasteiger partial charge >= 0.3 is 0 Å². The lowest BCUT2D eigenvalue weighted by Gasteiger charge is -2.55. The number of benzene rings is 8. The van der Waals surface area contributed by atoms with Crippen LogP contribution >= 0.6 is 0 Å². The van der Waals surface area contributed by atoms with Crippen LogP contribution < -0.4 is 5.32 Å². The van der Waals surface area contributed by atoms with E-state index in [9.17, 15) is 0 Å². The number of nitrogens with zero attached hydrogens (tertiary/aromatic N) is 3. The maximum absolute atomic E-state index is 6.87. The zero-order chi connectivity index (χ0) is 38.3. The number of aromatic nitrogens is 1. The summed E-state index contributed by atoms with van der Waals surface area (Å²) < 4.78 is 15.9. The molecule has 1 fully saturated rings. The lowest BCUT2D eigenvalue weighted by atomic mass is 9.97. The van der Waals surface area contributed by atoms with E-state index in [4.69, 9.17) is 14.2 Å². The highest BCUT2D eigenvalue weighted by Gasteiger charge is 2.28. The maximum atomic E-state index is 6.87. The summed E-state index contributed by atoms with van der Waals surface area (Å²) in [5.41, 5.74) is 12.3. The van der Waals surface area contributed by atoms with Gasteiger partial charge in [-0.25, -0.2) is 0 Å². The molecule has 1 aliphatic heterocycles. The monoisotopic (exact) mass is 749 g/mol. The highest BCUT2D eigenvalue weighted by atomic mass is 16.3. The van der Waals surface area contributed by atoms with E-state index in [0.29, 0.717) is 0 Å². The second-order valence-corrected chi connectivity index (χ2v) is 15.4. The molecule has 1 saturated heterocycles. The third-order valence-electron chi connectivity index (χ3n) is 12.1. The molecule has 6 nitrogen and oxygen atoms in total. The number of hydrogen-bond donors (Lipinski definition) is 1. The summed E-state index contributed by atoms with van der Waals surface area (Å²) in [5.74, 6) is 0. The average molecular weight is 750 g/mol. The van der Waals surface area contributed by atoms with Gasteiger partial charge in [-0.05, 0) is 60.1 Å². The molecule has 58 heavy (non-hydrogen) atoms. The maximum Gasteiger partial charge on any atom is 0.143 e. The fourth-order valence-electron chi connectivity index (χ4n) is 9.37. The minimum absolute atomic E-state index is 0.0331. The summed E-state index contributed by atoms with van der Waals surface area (Å²) in [4.78, 5) is 2.30. The van der Waals surface area contributed by atoms with E-state index in [-0.39, 0.29) is 18.5 Å². The Morgan fingerprint density at radius 1 is 0.483 bits per heavy atom. The molecule has 0 saturated carbocycles. The van der Waals surface area contributed by atoms with Crippen molar-refractivity contribution in [2.45, 2.75) is 18.5 Å². The molecule has 3 atom stereocenters. The third-order valence-corrected chi connectivity index (χ3v) is 12.1. The normalized spacial score (nSPS) is 17.7. The Kier molecular flexibility index (Phi) is 7.47. The zero-order valence-electron chi connectivity index (χ0n) is 31.7. The van der Waals surface area contributed by atoms with Gasteiger partial charge in [-0.3, -0.25) is 0 Å². The van der Waals surface area contributed by atoms with Crippen molar-refractivity contribution in [2.75, 3.05) is 7.05 Å². The van der Waals surface area contributed by atoms with E-state index in [1.54, 1.807) is 0 Å². The van der Waals surface area contributed by atoms with Gasteiger partial charge in [-0.1, -0.05) is 157 Å². The van der Waals surface area contributed by atoms with Crippen molar-refractivity contribution in [3.63, 3.8) is 0 Å². The molecule has 0 bridgehead atoms.